The number of ether oxygens (including phenoxy) is 1. The second-order valence-electron chi connectivity index (χ2n) is 7.41. The predicted molar refractivity (Wildman–Crippen MR) is 122 cm³/mol. The van der Waals surface area contributed by atoms with Gasteiger partial charge < -0.3 is 19.9 Å². The molecule has 0 bridgehead atoms. The van der Waals surface area contributed by atoms with Gasteiger partial charge in [-0.25, -0.2) is 4.98 Å². The smallest absolute Gasteiger partial charge is 0.193 e. The number of nitrogens with one attached hydrogen (secondary N) is 1. The van der Waals surface area contributed by atoms with Crippen LogP contribution in [0.1, 0.15) is 37.7 Å². The van der Waals surface area contributed by atoms with E-state index < -0.39 is 0 Å². The molecule has 0 radical (unpaired) electrons. The molecule has 152 valence electrons. The molecular formula is C20H34IN5O. The standard InChI is InChI=1S/C20H33N5O.HI/c1-21-20(24(2)12-13-26-16-17-6-7-17)23-15-18-8-9-22-19(14-18)25-10-4-3-5-11-25;/h8-9,14,17H,3-7,10-13,15-16H2,1-2H3,(H,21,23);1H. The summed E-state index contributed by atoms with van der Waals surface area (Å²) >= 11 is 0. The minimum atomic E-state index is 0. The Labute approximate surface area is 180 Å². The normalized spacial score (nSPS) is 17.4. The first-order valence-corrected chi connectivity index (χ1v) is 9.95. The van der Waals surface area contributed by atoms with Gasteiger partial charge in [0.1, 0.15) is 5.82 Å². The molecule has 1 aliphatic heterocycles. The first-order valence-electron chi connectivity index (χ1n) is 9.95. The van der Waals surface area contributed by atoms with Crippen LogP contribution < -0.4 is 10.2 Å². The fraction of sp³-hybridized carbons (Fsp3) is 0.700. The van der Waals surface area contributed by atoms with Crippen molar-refractivity contribution >= 4 is 35.8 Å². The number of aliphatic imine (C=N–C) groups is 1. The van der Waals surface area contributed by atoms with Crippen molar-refractivity contribution in [2.45, 2.75) is 38.6 Å². The van der Waals surface area contributed by atoms with Crippen molar-refractivity contribution in [2.24, 2.45) is 10.9 Å². The van der Waals surface area contributed by atoms with E-state index in [-0.39, 0.29) is 24.0 Å². The van der Waals surface area contributed by atoms with Gasteiger partial charge in [-0.3, -0.25) is 4.99 Å². The van der Waals surface area contributed by atoms with E-state index in [1.54, 1.807) is 0 Å². The van der Waals surface area contributed by atoms with E-state index in [2.05, 4.69) is 44.3 Å². The molecule has 0 aromatic carbocycles. The first kappa shape index (κ1) is 22.2. The lowest BCUT2D eigenvalue weighted by Gasteiger charge is -2.28. The minimum absolute atomic E-state index is 0. The van der Waals surface area contributed by atoms with E-state index in [1.165, 1.54) is 37.7 Å². The molecule has 1 aromatic heterocycles. The molecule has 1 aromatic rings. The van der Waals surface area contributed by atoms with Crippen LogP contribution in [0.3, 0.4) is 0 Å². The van der Waals surface area contributed by atoms with Crippen LogP contribution in [0.4, 0.5) is 5.82 Å². The molecule has 3 rings (SSSR count). The number of hydrogen-bond donors (Lipinski definition) is 1. The average molecular weight is 487 g/mol. The van der Waals surface area contributed by atoms with Crippen molar-refractivity contribution in [2.75, 3.05) is 51.8 Å². The molecule has 0 unspecified atom stereocenters. The molecule has 0 spiro atoms. The third kappa shape index (κ3) is 7.44. The number of anilines is 1. The van der Waals surface area contributed by atoms with Gasteiger partial charge in [0.2, 0.25) is 0 Å². The number of aromatic nitrogens is 1. The second kappa shape index (κ2) is 11.7. The van der Waals surface area contributed by atoms with Crippen LogP contribution in [0.25, 0.3) is 0 Å². The van der Waals surface area contributed by atoms with E-state index in [1.807, 2.05) is 13.2 Å². The van der Waals surface area contributed by atoms with E-state index in [0.717, 1.165) is 57.1 Å². The summed E-state index contributed by atoms with van der Waals surface area (Å²) in [5.74, 6) is 2.82. The van der Waals surface area contributed by atoms with Gasteiger partial charge in [0.05, 0.1) is 6.61 Å². The fourth-order valence-electron chi connectivity index (χ4n) is 3.27. The molecule has 6 nitrogen and oxygen atoms in total. The van der Waals surface area contributed by atoms with Crippen LogP contribution in [0.5, 0.6) is 0 Å². The van der Waals surface area contributed by atoms with Crippen LogP contribution >= 0.6 is 24.0 Å². The monoisotopic (exact) mass is 487 g/mol. The number of halogens is 1. The van der Waals surface area contributed by atoms with Gasteiger partial charge in [0.25, 0.3) is 0 Å². The van der Waals surface area contributed by atoms with E-state index >= 15 is 0 Å². The van der Waals surface area contributed by atoms with Crippen LogP contribution in [-0.2, 0) is 11.3 Å². The lowest BCUT2D eigenvalue weighted by molar-refractivity contribution is 0.115. The SMILES string of the molecule is CN=C(NCc1ccnc(N2CCCCC2)c1)N(C)CCOCC1CC1.I. The summed E-state index contributed by atoms with van der Waals surface area (Å²) in [5.41, 5.74) is 1.24. The Morgan fingerprint density at radius 3 is 2.81 bits per heavy atom. The summed E-state index contributed by atoms with van der Waals surface area (Å²) in [7, 11) is 3.89. The zero-order valence-corrected chi connectivity index (χ0v) is 19.0. The van der Waals surface area contributed by atoms with Gasteiger partial charge in [0.15, 0.2) is 5.96 Å². The molecule has 1 aliphatic carbocycles. The molecule has 1 N–H and O–H groups in total. The van der Waals surface area contributed by atoms with Crippen molar-refractivity contribution in [1.29, 1.82) is 0 Å². The highest BCUT2D eigenvalue weighted by Crippen LogP contribution is 2.28. The Balaban J connectivity index is 0.00000261. The van der Waals surface area contributed by atoms with Crippen molar-refractivity contribution < 1.29 is 4.74 Å². The highest BCUT2D eigenvalue weighted by Gasteiger charge is 2.21. The first-order chi connectivity index (χ1) is 12.8. The lowest BCUT2D eigenvalue weighted by Crippen LogP contribution is -2.40. The van der Waals surface area contributed by atoms with E-state index in [4.69, 9.17) is 4.74 Å². The molecule has 2 aliphatic rings. The summed E-state index contributed by atoms with van der Waals surface area (Å²) in [4.78, 5) is 13.5. The lowest BCUT2D eigenvalue weighted by atomic mass is 10.1. The molecule has 0 atom stereocenters. The summed E-state index contributed by atoms with van der Waals surface area (Å²) in [5, 5.41) is 3.45. The van der Waals surface area contributed by atoms with Gasteiger partial charge in [-0.15, -0.1) is 24.0 Å². The van der Waals surface area contributed by atoms with Gasteiger partial charge in [-0.05, 0) is 55.7 Å². The zero-order valence-electron chi connectivity index (χ0n) is 16.7. The number of likely N-dealkylation sites (N-methyl/N-ethyl adjacent to an activating group) is 1. The maximum Gasteiger partial charge on any atom is 0.193 e. The van der Waals surface area contributed by atoms with Crippen molar-refractivity contribution in [3.63, 3.8) is 0 Å². The number of guanidine groups is 1. The van der Waals surface area contributed by atoms with Gasteiger partial charge in [0, 0.05) is 53.1 Å². The maximum atomic E-state index is 5.73. The van der Waals surface area contributed by atoms with Crippen molar-refractivity contribution in [3.8, 4) is 0 Å². The Morgan fingerprint density at radius 1 is 1.33 bits per heavy atom. The van der Waals surface area contributed by atoms with E-state index in [9.17, 15) is 0 Å². The molecule has 1 saturated heterocycles. The summed E-state index contributed by atoms with van der Waals surface area (Å²) in [6.45, 7) is 5.51. The summed E-state index contributed by atoms with van der Waals surface area (Å²) in [6.07, 6.45) is 8.47. The maximum absolute atomic E-state index is 5.73. The van der Waals surface area contributed by atoms with Crippen LogP contribution in [0.15, 0.2) is 23.3 Å². The largest absolute Gasteiger partial charge is 0.379 e. The topological polar surface area (TPSA) is 53.0 Å². The highest BCUT2D eigenvalue weighted by atomic mass is 127. The molecule has 7 heteroatoms. The quantitative estimate of drug-likeness (QED) is 0.264. The molecular weight excluding hydrogens is 453 g/mol. The van der Waals surface area contributed by atoms with Crippen molar-refractivity contribution in [3.05, 3.63) is 23.9 Å². The van der Waals surface area contributed by atoms with Crippen molar-refractivity contribution in [1.82, 2.24) is 15.2 Å². The Hall–Kier alpha value is -1.09. The number of nitrogens with zero attached hydrogens (tertiary/aromatic N) is 4. The number of hydrogen-bond acceptors (Lipinski definition) is 4. The Kier molecular flexibility index (Phi) is 9.61. The van der Waals surface area contributed by atoms with Gasteiger partial charge >= 0.3 is 0 Å². The van der Waals surface area contributed by atoms with Gasteiger partial charge in [-0.2, -0.15) is 0 Å². The van der Waals surface area contributed by atoms with Crippen LogP contribution in [0, 0.1) is 5.92 Å². The zero-order chi connectivity index (χ0) is 18.2. The van der Waals surface area contributed by atoms with Gasteiger partial charge in [-0.1, -0.05) is 0 Å². The average Bonchev–Trinajstić information content (AvgIpc) is 3.51. The molecule has 1 saturated carbocycles. The summed E-state index contributed by atoms with van der Waals surface area (Å²) < 4.78 is 5.73. The number of rotatable bonds is 8. The minimum Gasteiger partial charge on any atom is -0.379 e. The molecule has 27 heavy (non-hydrogen) atoms. The molecule has 2 fully saturated rings. The highest BCUT2D eigenvalue weighted by molar-refractivity contribution is 14.0. The number of pyridine rings is 1. The van der Waals surface area contributed by atoms with Crippen LogP contribution in [0.2, 0.25) is 0 Å². The Morgan fingerprint density at radius 2 is 2.11 bits per heavy atom. The summed E-state index contributed by atoms with van der Waals surface area (Å²) in [6, 6.07) is 4.27. The predicted octanol–water partition coefficient (Wildman–Crippen LogP) is 3.12. The second-order valence-corrected chi connectivity index (χ2v) is 7.41. The van der Waals surface area contributed by atoms with Crippen LogP contribution in [-0.4, -0.2) is 62.8 Å². The number of piperidine rings is 1. The molecule has 0 amide bonds. The van der Waals surface area contributed by atoms with E-state index in [0.29, 0.717) is 0 Å². The molecule has 2 heterocycles. The fourth-order valence-corrected chi connectivity index (χ4v) is 3.27. The third-order valence-corrected chi connectivity index (χ3v) is 5.14. The third-order valence-electron chi connectivity index (χ3n) is 5.14. The Bertz CT molecular complexity index is 587.